The summed E-state index contributed by atoms with van der Waals surface area (Å²) in [5.74, 6) is 0.965. The fourth-order valence-electron chi connectivity index (χ4n) is 0.382. The molecular formula is C6H14N2. The molecule has 1 N–H and O–H groups in total. The van der Waals surface area contributed by atoms with E-state index >= 15 is 0 Å². The highest BCUT2D eigenvalue weighted by Gasteiger charge is 1.91. The molecule has 0 rings (SSSR count). The Morgan fingerprint density at radius 2 is 2.25 bits per heavy atom. The molecule has 48 valence electrons. The predicted octanol–water partition coefficient (Wildman–Crippen LogP) is 0.629. The van der Waals surface area contributed by atoms with Gasteiger partial charge in [-0.1, -0.05) is 6.58 Å². The zero-order chi connectivity index (χ0) is 6.57. The van der Waals surface area contributed by atoms with Crippen molar-refractivity contribution >= 4 is 0 Å². The van der Waals surface area contributed by atoms with Crippen LogP contribution >= 0.6 is 0 Å². The van der Waals surface area contributed by atoms with E-state index in [1.54, 1.807) is 0 Å². The summed E-state index contributed by atoms with van der Waals surface area (Å²) in [4.78, 5) is 2.04. The lowest BCUT2D eigenvalue weighted by Crippen LogP contribution is -2.24. The van der Waals surface area contributed by atoms with E-state index in [1.807, 2.05) is 19.0 Å². The van der Waals surface area contributed by atoms with Crippen molar-refractivity contribution in [1.82, 2.24) is 10.2 Å². The van der Waals surface area contributed by atoms with Gasteiger partial charge in [0.1, 0.15) is 0 Å². The van der Waals surface area contributed by atoms with Crippen LogP contribution in [0.2, 0.25) is 0 Å². The maximum atomic E-state index is 3.76. The number of rotatable bonds is 3. The summed E-state index contributed by atoms with van der Waals surface area (Å²) in [6.45, 7) is 6.84. The highest BCUT2D eigenvalue weighted by atomic mass is 15.2. The van der Waals surface area contributed by atoms with Crippen molar-refractivity contribution in [3.05, 3.63) is 12.4 Å². The van der Waals surface area contributed by atoms with Gasteiger partial charge in [0.05, 0.1) is 5.82 Å². The van der Waals surface area contributed by atoms with Crippen molar-refractivity contribution in [3.63, 3.8) is 0 Å². The smallest absolute Gasteiger partial charge is 0.0933 e. The second-order valence-corrected chi connectivity index (χ2v) is 1.71. The monoisotopic (exact) mass is 114 g/mol. The third-order valence-corrected chi connectivity index (χ3v) is 1.22. The quantitative estimate of drug-likeness (QED) is 0.579. The number of hydrogen-bond acceptors (Lipinski definition) is 2. The fraction of sp³-hybridized carbons (Fsp3) is 0.667. The van der Waals surface area contributed by atoms with Gasteiger partial charge in [-0.15, -0.1) is 0 Å². The lowest BCUT2D eigenvalue weighted by molar-refractivity contribution is 0.416. The van der Waals surface area contributed by atoms with Crippen molar-refractivity contribution in [2.75, 3.05) is 20.6 Å². The molecule has 2 heteroatoms. The Morgan fingerprint density at radius 1 is 1.75 bits per heavy atom. The van der Waals surface area contributed by atoms with Crippen molar-refractivity contribution in [1.29, 1.82) is 0 Å². The molecular weight excluding hydrogens is 100 g/mol. The Hall–Kier alpha value is -0.660. The van der Waals surface area contributed by atoms with Gasteiger partial charge in [0, 0.05) is 20.6 Å². The van der Waals surface area contributed by atoms with Crippen molar-refractivity contribution < 1.29 is 0 Å². The number of nitrogens with zero attached hydrogens (tertiary/aromatic N) is 1. The Bertz CT molecular complexity index is 78.6. The first-order valence-electron chi connectivity index (χ1n) is 2.80. The van der Waals surface area contributed by atoms with E-state index in [9.17, 15) is 0 Å². The van der Waals surface area contributed by atoms with E-state index in [0.717, 1.165) is 12.4 Å². The highest BCUT2D eigenvalue weighted by Crippen LogP contribution is 1.88. The lowest BCUT2D eigenvalue weighted by Gasteiger charge is -2.18. The Kier molecular flexibility index (Phi) is 3.08. The molecule has 0 aromatic rings. The van der Waals surface area contributed by atoms with E-state index in [4.69, 9.17) is 0 Å². The Morgan fingerprint density at radius 3 is 2.38 bits per heavy atom. The van der Waals surface area contributed by atoms with Crippen LogP contribution in [0, 0.1) is 0 Å². The molecule has 0 heterocycles. The molecule has 0 bridgehead atoms. The van der Waals surface area contributed by atoms with Crippen molar-refractivity contribution in [2.45, 2.75) is 6.92 Å². The zero-order valence-corrected chi connectivity index (χ0v) is 5.86. The third-order valence-electron chi connectivity index (χ3n) is 1.22. The molecule has 0 aromatic heterocycles. The van der Waals surface area contributed by atoms with Crippen LogP contribution in [-0.4, -0.2) is 25.5 Å². The average Bonchev–Trinajstić information content (AvgIpc) is 1.84. The summed E-state index contributed by atoms with van der Waals surface area (Å²) in [6.07, 6.45) is 0. The van der Waals surface area contributed by atoms with Crippen LogP contribution in [0.15, 0.2) is 12.4 Å². The minimum absolute atomic E-state index is 0.965. The van der Waals surface area contributed by atoms with E-state index in [2.05, 4.69) is 18.8 Å². The first-order chi connectivity index (χ1) is 3.72. The summed E-state index contributed by atoms with van der Waals surface area (Å²) in [5, 5.41) is 2.95. The van der Waals surface area contributed by atoms with Crippen LogP contribution in [-0.2, 0) is 0 Å². The maximum absolute atomic E-state index is 3.76. The summed E-state index contributed by atoms with van der Waals surface area (Å²) < 4.78 is 0. The molecule has 0 radical (unpaired) electrons. The van der Waals surface area contributed by atoms with Crippen LogP contribution in [0.5, 0.6) is 0 Å². The van der Waals surface area contributed by atoms with Gasteiger partial charge < -0.3 is 10.2 Å². The third kappa shape index (κ3) is 1.87. The molecule has 0 fully saturated rings. The molecule has 0 aliphatic rings. The van der Waals surface area contributed by atoms with Gasteiger partial charge >= 0.3 is 0 Å². The summed E-state index contributed by atoms with van der Waals surface area (Å²) in [6, 6.07) is 0. The molecule has 0 amide bonds. The predicted molar refractivity (Wildman–Crippen MR) is 36.5 cm³/mol. The van der Waals surface area contributed by atoms with E-state index in [-0.39, 0.29) is 0 Å². The minimum atomic E-state index is 0.965. The standard InChI is InChI=1S/C6H14N2/c1-5-8(4)6(2)7-3/h7H,2,5H2,1,3-4H3. The molecule has 2 nitrogen and oxygen atoms in total. The van der Waals surface area contributed by atoms with Gasteiger partial charge in [-0.05, 0) is 6.92 Å². The Labute approximate surface area is 51.2 Å². The van der Waals surface area contributed by atoms with Gasteiger partial charge in [-0.2, -0.15) is 0 Å². The van der Waals surface area contributed by atoms with Gasteiger partial charge in [-0.3, -0.25) is 0 Å². The first-order valence-corrected chi connectivity index (χ1v) is 2.80. The van der Waals surface area contributed by atoms with E-state index < -0.39 is 0 Å². The van der Waals surface area contributed by atoms with Crippen LogP contribution in [0.3, 0.4) is 0 Å². The number of nitrogens with one attached hydrogen (secondary N) is 1. The van der Waals surface area contributed by atoms with Gasteiger partial charge in [0.15, 0.2) is 0 Å². The highest BCUT2D eigenvalue weighted by molar-refractivity contribution is 4.86. The lowest BCUT2D eigenvalue weighted by atomic mass is 10.6. The largest absolute Gasteiger partial charge is 0.375 e. The zero-order valence-electron chi connectivity index (χ0n) is 5.86. The maximum Gasteiger partial charge on any atom is 0.0933 e. The number of hydrogen-bond donors (Lipinski definition) is 1. The summed E-state index contributed by atoms with van der Waals surface area (Å²) in [5.41, 5.74) is 0. The van der Waals surface area contributed by atoms with Gasteiger partial charge in [0.2, 0.25) is 0 Å². The van der Waals surface area contributed by atoms with Crippen LogP contribution in [0.4, 0.5) is 0 Å². The molecule has 0 aliphatic heterocycles. The van der Waals surface area contributed by atoms with Crippen molar-refractivity contribution in [3.8, 4) is 0 Å². The van der Waals surface area contributed by atoms with Crippen LogP contribution < -0.4 is 5.32 Å². The molecule has 0 saturated carbocycles. The molecule has 0 atom stereocenters. The van der Waals surface area contributed by atoms with Crippen LogP contribution in [0.25, 0.3) is 0 Å². The second kappa shape index (κ2) is 3.36. The van der Waals surface area contributed by atoms with Gasteiger partial charge in [-0.25, -0.2) is 0 Å². The van der Waals surface area contributed by atoms with E-state index in [1.165, 1.54) is 0 Å². The Balaban J connectivity index is 3.46. The first kappa shape index (κ1) is 7.34. The SMILES string of the molecule is C=C(NC)N(C)CC. The normalized spacial score (nSPS) is 8.38. The molecule has 0 saturated heterocycles. The average molecular weight is 114 g/mol. The summed E-state index contributed by atoms with van der Waals surface area (Å²) in [7, 11) is 3.87. The second-order valence-electron chi connectivity index (χ2n) is 1.71. The topological polar surface area (TPSA) is 15.3 Å². The summed E-state index contributed by atoms with van der Waals surface area (Å²) >= 11 is 0. The van der Waals surface area contributed by atoms with Crippen LogP contribution in [0.1, 0.15) is 6.92 Å². The van der Waals surface area contributed by atoms with Gasteiger partial charge in [0.25, 0.3) is 0 Å². The molecule has 0 aliphatic carbocycles. The van der Waals surface area contributed by atoms with E-state index in [0.29, 0.717) is 0 Å². The minimum Gasteiger partial charge on any atom is -0.375 e. The molecule has 0 spiro atoms. The molecule has 0 unspecified atom stereocenters. The fourth-order valence-corrected chi connectivity index (χ4v) is 0.382. The molecule has 0 aromatic carbocycles. The molecule has 8 heavy (non-hydrogen) atoms. The van der Waals surface area contributed by atoms with Crippen molar-refractivity contribution in [2.24, 2.45) is 0 Å².